The first-order valence-corrected chi connectivity index (χ1v) is 7.96. The van der Waals surface area contributed by atoms with E-state index in [2.05, 4.69) is 40.0 Å². The summed E-state index contributed by atoms with van der Waals surface area (Å²) in [5, 5.41) is 3.43. The number of anilines is 1. The van der Waals surface area contributed by atoms with Gasteiger partial charge in [0.15, 0.2) is 0 Å². The lowest BCUT2D eigenvalue weighted by atomic mass is 10.2. The molecule has 20 heavy (non-hydrogen) atoms. The second-order valence-electron chi connectivity index (χ2n) is 5.56. The molecule has 112 valence electrons. The fourth-order valence-electron chi connectivity index (χ4n) is 2.70. The zero-order valence-electron chi connectivity index (χ0n) is 12.9. The average molecular weight is 276 g/mol. The molecule has 0 amide bonds. The van der Waals surface area contributed by atoms with E-state index in [4.69, 9.17) is 0 Å². The maximum Gasteiger partial charge on any atom is 0.130 e. The molecule has 0 unspecified atom stereocenters. The highest BCUT2D eigenvalue weighted by Crippen LogP contribution is 2.15. The van der Waals surface area contributed by atoms with Crippen molar-refractivity contribution in [3.8, 4) is 0 Å². The summed E-state index contributed by atoms with van der Waals surface area (Å²) in [5.74, 6) is 1.06. The van der Waals surface area contributed by atoms with Crippen LogP contribution in [0.1, 0.15) is 32.3 Å². The molecule has 2 heterocycles. The van der Waals surface area contributed by atoms with E-state index >= 15 is 0 Å². The fourth-order valence-corrected chi connectivity index (χ4v) is 2.70. The van der Waals surface area contributed by atoms with Crippen LogP contribution < -0.4 is 5.32 Å². The predicted molar refractivity (Wildman–Crippen MR) is 85.0 cm³/mol. The van der Waals surface area contributed by atoms with Crippen molar-refractivity contribution in [3.05, 3.63) is 23.9 Å². The predicted octanol–water partition coefficient (Wildman–Crippen LogP) is 2.43. The minimum Gasteiger partial charge on any atom is -0.370 e. The molecule has 1 aromatic heterocycles. The summed E-state index contributed by atoms with van der Waals surface area (Å²) in [5.41, 5.74) is 1.32. The van der Waals surface area contributed by atoms with Gasteiger partial charge in [-0.15, -0.1) is 0 Å². The van der Waals surface area contributed by atoms with Crippen LogP contribution in [0.15, 0.2) is 18.3 Å². The van der Waals surface area contributed by atoms with E-state index in [0.717, 1.165) is 25.3 Å². The molecule has 0 aliphatic carbocycles. The number of aromatic nitrogens is 1. The first-order chi connectivity index (χ1) is 9.83. The smallest absolute Gasteiger partial charge is 0.130 e. The largest absolute Gasteiger partial charge is 0.370 e. The van der Waals surface area contributed by atoms with Gasteiger partial charge in [-0.2, -0.15) is 0 Å². The molecule has 1 fully saturated rings. The topological polar surface area (TPSA) is 31.4 Å². The molecule has 1 N–H and O–H groups in total. The van der Waals surface area contributed by atoms with Crippen molar-refractivity contribution in [2.24, 2.45) is 0 Å². The molecule has 0 bridgehead atoms. The molecule has 1 aliphatic heterocycles. The van der Waals surface area contributed by atoms with Crippen LogP contribution in [0.2, 0.25) is 0 Å². The van der Waals surface area contributed by atoms with Crippen molar-refractivity contribution in [2.45, 2.75) is 33.2 Å². The van der Waals surface area contributed by atoms with Crippen LogP contribution in [-0.4, -0.2) is 54.1 Å². The minimum atomic E-state index is 0.994. The Morgan fingerprint density at radius 1 is 1.10 bits per heavy atom. The van der Waals surface area contributed by atoms with Crippen LogP contribution in [0, 0.1) is 0 Å². The Kier molecular flexibility index (Phi) is 6.27. The summed E-state index contributed by atoms with van der Waals surface area (Å²) >= 11 is 0. The first kappa shape index (κ1) is 15.3. The van der Waals surface area contributed by atoms with E-state index in [-0.39, 0.29) is 0 Å². The molecule has 4 heteroatoms. The quantitative estimate of drug-likeness (QED) is 0.829. The molecule has 0 radical (unpaired) electrons. The Balaban J connectivity index is 1.87. The van der Waals surface area contributed by atoms with E-state index in [0.29, 0.717) is 0 Å². The van der Waals surface area contributed by atoms with Gasteiger partial charge in [0.1, 0.15) is 5.82 Å². The molecule has 0 atom stereocenters. The highest BCUT2D eigenvalue weighted by molar-refractivity contribution is 5.43. The summed E-state index contributed by atoms with van der Waals surface area (Å²) in [6, 6.07) is 4.24. The van der Waals surface area contributed by atoms with Gasteiger partial charge in [-0.3, -0.25) is 4.90 Å². The maximum atomic E-state index is 4.48. The van der Waals surface area contributed by atoms with Crippen LogP contribution in [0.3, 0.4) is 0 Å². The Bertz CT molecular complexity index is 386. The Morgan fingerprint density at radius 3 is 2.55 bits per heavy atom. The van der Waals surface area contributed by atoms with Crippen molar-refractivity contribution in [1.29, 1.82) is 0 Å². The van der Waals surface area contributed by atoms with E-state index < -0.39 is 0 Å². The standard InChI is InChI=1S/C16H28N4/c1-3-7-17-16-15(6-5-8-18-16)14-20-12-10-19(9-4-2)11-13-20/h5-6,8H,3-4,7,9-14H2,1-2H3,(H,17,18). The summed E-state index contributed by atoms with van der Waals surface area (Å²) < 4.78 is 0. The number of hydrogen-bond acceptors (Lipinski definition) is 4. The molecule has 1 saturated heterocycles. The highest BCUT2D eigenvalue weighted by Gasteiger charge is 2.17. The summed E-state index contributed by atoms with van der Waals surface area (Å²) in [6.45, 7) is 12.4. The van der Waals surface area contributed by atoms with Crippen molar-refractivity contribution < 1.29 is 0 Å². The molecule has 4 nitrogen and oxygen atoms in total. The van der Waals surface area contributed by atoms with Crippen molar-refractivity contribution in [2.75, 3.05) is 44.6 Å². The van der Waals surface area contributed by atoms with Gasteiger partial charge in [0.2, 0.25) is 0 Å². The van der Waals surface area contributed by atoms with E-state index in [1.54, 1.807) is 0 Å². The second kappa shape index (κ2) is 8.22. The summed E-state index contributed by atoms with van der Waals surface area (Å²) in [7, 11) is 0. The average Bonchev–Trinajstić information content (AvgIpc) is 2.49. The Hall–Kier alpha value is -1.13. The molecule has 2 rings (SSSR count). The molecule has 0 aromatic carbocycles. The third-order valence-electron chi connectivity index (χ3n) is 3.83. The van der Waals surface area contributed by atoms with Crippen molar-refractivity contribution in [3.63, 3.8) is 0 Å². The number of rotatable bonds is 7. The Morgan fingerprint density at radius 2 is 1.85 bits per heavy atom. The number of hydrogen-bond donors (Lipinski definition) is 1. The molecular weight excluding hydrogens is 248 g/mol. The van der Waals surface area contributed by atoms with Gasteiger partial charge >= 0.3 is 0 Å². The van der Waals surface area contributed by atoms with E-state index in [9.17, 15) is 0 Å². The third kappa shape index (κ3) is 4.46. The van der Waals surface area contributed by atoms with Gasteiger partial charge in [0, 0.05) is 51.0 Å². The molecule has 0 saturated carbocycles. The lowest BCUT2D eigenvalue weighted by molar-refractivity contribution is 0.127. The van der Waals surface area contributed by atoms with Crippen LogP contribution in [-0.2, 0) is 6.54 Å². The van der Waals surface area contributed by atoms with Crippen molar-refractivity contribution in [1.82, 2.24) is 14.8 Å². The molecule has 1 aliphatic rings. The lowest BCUT2D eigenvalue weighted by Gasteiger charge is -2.34. The van der Waals surface area contributed by atoms with E-state index in [1.165, 1.54) is 44.7 Å². The summed E-state index contributed by atoms with van der Waals surface area (Å²) in [4.78, 5) is 9.59. The fraction of sp³-hybridized carbons (Fsp3) is 0.688. The maximum absolute atomic E-state index is 4.48. The monoisotopic (exact) mass is 276 g/mol. The van der Waals surface area contributed by atoms with Gasteiger partial charge in [-0.05, 0) is 25.5 Å². The zero-order chi connectivity index (χ0) is 14.2. The van der Waals surface area contributed by atoms with Crippen LogP contribution in [0.25, 0.3) is 0 Å². The molecule has 0 spiro atoms. The highest BCUT2D eigenvalue weighted by atomic mass is 15.3. The van der Waals surface area contributed by atoms with Gasteiger partial charge in [-0.1, -0.05) is 19.9 Å². The van der Waals surface area contributed by atoms with Gasteiger partial charge in [0.05, 0.1) is 0 Å². The van der Waals surface area contributed by atoms with Gasteiger partial charge < -0.3 is 10.2 Å². The SMILES string of the molecule is CCCNc1ncccc1CN1CCN(CCC)CC1. The number of nitrogens with one attached hydrogen (secondary N) is 1. The third-order valence-corrected chi connectivity index (χ3v) is 3.83. The number of nitrogens with zero attached hydrogens (tertiary/aromatic N) is 3. The molecule has 1 aromatic rings. The lowest BCUT2D eigenvalue weighted by Crippen LogP contribution is -2.46. The van der Waals surface area contributed by atoms with Crippen LogP contribution >= 0.6 is 0 Å². The summed E-state index contributed by atoms with van der Waals surface area (Å²) in [6.07, 6.45) is 4.26. The number of pyridine rings is 1. The van der Waals surface area contributed by atoms with E-state index in [1.807, 2.05) is 12.3 Å². The van der Waals surface area contributed by atoms with Crippen LogP contribution in [0.5, 0.6) is 0 Å². The normalized spacial score (nSPS) is 17.3. The van der Waals surface area contributed by atoms with Crippen LogP contribution in [0.4, 0.5) is 5.82 Å². The Labute approximate surface area is 123 Å². The zero-order valence-corrected chi connectivity index (χ0v) is 12.9. The number of piperazine rings is 1. The van der Waals surface area contributed by atoms with Gasteiger partial charge in [-0.25, -0.2) is 4.98 Å². The van der Waals surface area contributed by atoms with Gasteiger partial charge in [0.25, 0.3) is 0 Å². The molecular formula is C16H28N4. The van der Waals surface area contributed by atoms with Crippen molar-refractivity contribution >= 4 is 5.82 Å². The minimum absolute atomic E-state index is 0.994. The first-order valence-electron chi connectivity index (χ1n) is 7.96. The second-order valence-corrected chi connectivity index (χ2v) is 5.56.